The van der Waals surface area contributed by atoms with Gasteiger partial charge in [-0.3, -0.25) is 0 Å². The van der Waals surface area contributed by atoms with Crippen LogP contribution in [0.25, 0.3) is 10.8 Å². The molecule has 2 aromatic carbocycles. The topological polar surface area (TPSA) is 55.8 Å². The molecule has 112 valence electrons. The predicted molar refractivity (Wildman–Crippen MR) is 81.9 cm³/mol. The number of carbonyl (C=O) groups excluding carboxylic acids is 1. The number of rotatable bonds is 4. The van der Waals surface area contributed by atoms with E-state index in [1.807, 2.05) is 6.07 Å². The van der Waals surface area contributed by atoms with Crippen molar-refractivity contribution in [1.29, 1.82) is 0 Å². The van der Waals surface area contributed by atoms with E-state index in [0.717, 1.165) is 10.8 Å². The first-order chi connectivity index (χ1) is 9.97. The van der Waals surface area contributed by atoms with Crippen LogP contribution in [0.4, 0.5) is 0 Å². The van der Waals surface area contributed by atoms with Gasteiger partial charge in [-0.05, 0) is 49.1 Å². The van der Waals surface area contributed by atoms with E-state index in [-0.39, 0.29) is 0 Å². The molecule has 2 rings (SSSR count). The summed E-state index contributed by atoms with van der Waals surface area (Å²) in [5.41, 5.74) is 0.347. The zero-order valence-electron chi connectivity index (χ0n) is 12.4. The quantitative estimate of drug-likeness (QED) is 0.813. The SMILES string of the molecule is COC(=O)c1cc2cc(S(=O)N(C)C)ccc2cc1OC. The van der Waals surface area contributed by atoms with Crippen molar-refractivity contribution in [3.05, 3.63) is 35.9 Å². The molecule has 0 saturated heterocycles. The first-order valence-electron chi connectivity index (χ1n) is 6.27. The zero-order chi connectivity index (χ0) is 15.6. The Morgan fingerprint density at radius 3 is 2.38 bits per heavy atom. The number of ether oxygens (including phenoxy) is 2. The van der Waals surface area contributed by atoms with Crippen LogP contribution in [0.15, 0.2) is 35.2 Å². The van der Waals surface area contributed by atoms with E-state index in [1.54, 1.807) is 42.7 Å². The maximum Gasteiger partial charge on any atom is 0.341 e. The predicted octanol–water partition coefficient (Wildman–Crippen LogP) is 2.22. The molecule has 6 heteroatoms. The largest absolute Gasteiger partial charge is 0.496 e. The minimum atomic E-state index is -1.23. The summed E-state index contributed by atoms with van der Waals surface area (Å²) in [4.78, 5) is 12.5. The lowest BCUT2D eigenvalue weighted by molar-refractivity contribution is 0.0597. The average molecular weight is 307 g/mol. The molecule has 21 heavy (non-hydrogen) atoms. The number of hydrogen-bond donors (Lipinski definition) is 0. The molecule has 1 unspecified atom stereocenters. The van der Waals surface area contributed by atoms with Gasteiger partial charge < -0.3 is 9.47 Å². The normalized spacial score (nSPS) is 12.4. The van der Waals surface area contributed by atoms with Gasteiger partial charge in [-0.1, -0.05) is 6.07 Å². The first kappa shape index (κ1) is 15.5. The second-order valence-corrected chi connectivity index (χ2v) is 6.31. The minimum Gasteiger partial charge on any atom is -0.496 e. The molecule has 0 amide bonds. The number of fused-ring (bicyclic) bond motifs is 1. The van der Waals surface area contributed by atoms with Gasteiger partial charge in [0.15, 0.2) is 0 Å². The molecular weight excluding hydrogens is 290 g/mol. The van der Waals surface area contributed by atoms with Crippen LogP contribution in [0.1, 0.15) is 10.4 Å². The fourth-order valence-electron chi connectivity index (χ4n) is 2.01. The van der Waals surface area contributed by atoms with Crippen LogP contribution in [0.3, 0.4) is 0 Å². The zero-order valence-corrected chi connectivity index (χ0v) is 13.2. The molecule has 5 nitrogen and oxygen atoms in total. The van der Waals surface area contributed by atoms with Crippen molar-refractivity contribution in [2.24, 2.45) is 0 Å². The minimum absolute atomic E-state index is 0.347. The molecule has 0 bridgehead atoms. The summed E-state index contributed by atoms with van der Waals surface area (Å²) in [6, 6.07) is 8.92. The first-order valence-corrected chi connectivity index (χ1v) is 7.38. The maximum absolute atomic E-state index is 12.1. The Kier molecular flexibility index (Phi) is 4.59. The van der Waals surface area contributed by atoms with E-state index in [4.69, 9.17) is 9.47 Å². The molecule has 0 heterocycles. The van der Waals surface area contributed by atoms with Crippen LogP contribution in [-0.2, 0) is 15.7 Å². The van der Waals surface area contributed by atoms with Gasteiger partial charge in [-0.25, -0.2) is 13.3 Å². The summed E-state index contributed by atoms with van der Waals surface area (Å²) in [5, 5.41) is 1.71. The number of carbonyl (C=O) groups is 1. The van der Waals surface area contributed by atoms with Crippen LogP contribution in [-0.4, -0.2) is 42.8 Å². The van der Waals surface area contributed by atoms with Gasteiger partial charge in [0.2, 0.25) is 0 Å². The summed E-state index contributed by atoms with van der Waals surface area (Å²) >= 11 is 0. The third kappa shape index (κ3) is 3.06. The fraction of sp³-hybridized carbons (Fsp3) is 0.267. The highest BCUT2D eigenvalue weighted by Crippen LogP contribution is 2.28. The molecule has 0 radical (unpaired) electrons. The van der Waals surface area contributed by atoms with Crippen molar-refractivity contribution in [2.45, 2.75) is 4.90 Å². The van der Waals surface area contributed by atoms with Gasteiger partial charge in [0, 0.05) is 0 Å². The third-order valence-corrected chi connectivity index (χ3v) is 4.39. The fourth-order valence-corrected chi connectivity index (χ4v) is 2.85. The summed E-state index contributed by atoms with van der Waals surface area (Å²) < 4.78 is 23.7. The molecule has 0 aliphatic rings. The van der Waals surface area contributed by atoms with Crippen LogP contribution >= 0.6 is 0 Å². The highest BCUT2D eigenvalue weighted by molar-refractivity contribution is 7.82. The van der Waals surface area contributed by atoms with Crippen LogP contribution in [0.2, 0.25) is 0 Å². The summed E-state index contributed by atoms with van der Waals surface area (Å²) in [6.45, 7) is 0. The smallest absolute Gasteiger partial charge is 0.341 e. The Bertz CT molecular complexity index is 712. The van der Waals surface area contributed by atoms with Crippen molar-refractivity contribution in [3.63, 3.8) is 0 Å². The van der Waals surface area contributed by atoms with Crippen molar-refractivity contribution in [2.75, 3.05) is 28.3 Å². The lowest BCUT2D eigenvalue weighted by Gasteiger charge is -2.12. The lowest BCUT2D eigenvalue weighted by Crippen LogP contribution is -2.15. The van der Waals surface area contributed by atoms with Crippen LogP contribution in [0.5, 0.6) is 5.75 Å². The van der Waals surface area contributed by atoms with Gasteiger partial charge in [0.05, 0.1) is 19.1 Å². The Morgan fingerprint density at radius 1 is 1.10 bits per heavy atom. The molecule has 2 aromatic rings. The van der Waals surface area contributed by atoms with Gasteiger partial charge in [0.1, 0.15) is 22.3 Å². The Labute approximate surface area is 126 Å². The van der Waals surface area contributed by atoms with Gasteiger partial charge >= 0.3 is 5.97 Å². The van der Waals surface area contributed by atoms with Crippen LogP contribution in [0, 0.1) is 0 Å². The highest BCUT2D eigenvalue weighted by Gasteiger charge is 2.15. The molecule has 0 N–H and O–H groups in total. The Hall–Kier alpha value is -1.92. The monoisotopic (exact) mass is 307 g/mol. The van der Waals surface area contributed by atoms with Gasteiger partial charge in [0.25, 0.3) is 0 Å². The van der Waals surface area contributed by atoms with Gasteiger partial charge in [-0.2, -0.15) is 0 Å². The lowest BCUT2D eigenvalue weighted by atomic mass is 10.1. The van der Waals surface area contributed by atoms with E-state index in [1.165, 1.54) is 14.2 Å². The molecule has 0 fully saturated rings. The van der Waals surface area contributed by atoms with Gasteiger partial charge in [-0.15, -0.1) is 0 Å². The molecule has 0 aliphatic carbocycles. The number of benzene rings is 2. The number of nitrogens with zero attached hydrogens (tertiary/aromatic N) is 1. The molecule has 0 aliphatic heterocycles. The molecule has 0 spiro atoms. The van der Waals surface area contributed by atoms with Crippen molar-refractivity contribution in [1.82, 2.24) is 4.31 Å². The summed E-state index contributed by atoms with van der Waals surface area (Å²) in [7, 11) is 5.08. The van der Waals surface area contributed by atoms with Crippen LogP contribution < -0.4 is 4.74 Å². The molecule has 0 saturated carbocycles. The molecule has 1 atom stereocenters. The van der Waals surface area contributed by atoms with E-state index in [2.05, 4.69) is 0 Å². The summed E-state index contributed by atoms with van der Waals surface area (Å²) in [5.74, 6) is -0.0104. The second kappa shape index (κ2) is 6.24. The van der Waals surface area contributed by atoms with Crippen molar-refractivity contribution >= 4 is 27.7 Å². The number of hydrogen-bond acceptors (Lipinski definition) is 4. The molecule has 0 aromatic heterocycles. The summed E-state index contributed by atoms with van der Waals surface area (Å²) in [6.07, 6.45) is 0. The molecular formula is C15H17NO4S. The Balaban J connectivity index is 2.61. The average Bonchev–Trinajstić information content (AvgIpc) is 2.51. The third-order valence-electron chi connectivity index (χ3n) is 3.07. The second-order valence-electron chi connectivity index (χ2n) is 4.61. The van der Waals surface area contributed by atoms with E-state index < -0.39 is 17.0 Å². The Morgan fingerprint density at radius 2 is 1.81 bits per heavy atom. The van der Waals surface area contributed by atoms with E-state index in [0.29, 0.717) is 16.2 Å². The standard InChI is InChI=1S/C15H17NO4S/c1-16(2)21(18)12-6-5-10-9-14(19-3)13(15(17)20-4)8-11(10)7-12/h5-9H,1-4H3. The highest BCUT2D eigenvalue weighted by atomic mass is 32.2. The van der Waals surface area contributed by atoms with E-state index >= 15 is 0 Å². The van der Waals surface area contributed by atoms with Crippen molar-refractivity contribution < 1.29 is 18.5 Å². The number of esters is 1. The number of methoxy groups -OCH3 is 2. The van der Waals surface area contributed by atoms with E-state index in [9.17, 15) is 9.00 Å². The van der Waals surface area contributed by atoms with Crippen molar-refractivity contribution in [3.8, 4) is 5.75 Å². The maximum atomic E-state index is 12.1.